The maximum atomic E-state index is 11.4. The lowest BCUT2D eigenvalue weighted by Crippen LogP contribution is -2.38. The number of carbonyl (C=O) groups excluding carboxylic acids is 1. The Morgan fingerprint density at radius 3 is 2.92 bits per heavy atom. The Bertz CT molecular complexity index is 208. The molecule has 0 bridgehead atoms. The van der Waals surface area contributed by atoms with Gasteiger partial charge in [-0.1, -0.05) is 0 Å². The quantitative estimate of drug-likeness (QED) is 0.640. The van der Waals surface area contributed by atoms with Crippen molar-refractivity contribution in [2.24, 2.45) is 0 Å². The van der Waals surface area contributed by atoms with Gasteiger partial charge in [-0.2, -0.15) is 0 Å². The highest BCUT2D eigenvalue weighted by Crippen LogP contribution is 2.01. The van der Waals surface area contributed by atoms with Gasteiger partial charge in [0.25, 0.3) is 0 Å². The van der Waals surface area contributed by atoms with Crippen LogP contribution in [-0.2, 0) is 15.6 Å². The summed E-state index contributed by atoms with van der Waals surface area (Å²) in [6.07, 6.45) is 0.863. The van der Waals surface area contributed by atoms with Crippen molar-refractivity contribution in [2.45, 2.75) is 6.42 Å². The molecule has 0 aromatic rings. The number of hydrogen-bond acceptors (Lipinski definition) is 3. The third-order valence-corrected chi connectivity index (χ3v) is 3.45. The normalized spacial score (nSPS) is 24.1. The maximum Gasteiger partial charge on any atom is 0.236 e. The van der Waals surface area contributed by atoms with Crippen LogP contribution in [0.2, 0.25) is 0 Å². The number of nitrogens with zero attached hydrogens (tertiary/aromatic N) is 1. The molecule has 0 radical (unpaired) electrons. The van der Waals surface area contributed by atoms with Gasteiger partial charge in [-0.15, -0.1) is 0 Å². The van der Waals surface area contributed by atoms with Gasteiger partial charge in [-0.3, -0.25) is 9.00 Å². The zero-order valence-corrected chi connectivity index (χ0v) is 8.73. The Morgan fingerprint density at radius 2 is 2.23 bits per heavy atom. The van der Waals surface area contributed by atoms with Gasteiger partial charge in [0.05, 0.1) is 6.54 Å². The predicted octanol–water partition coefficient (Wildman–Crippen LogP) is -0.813. The van der Waals surface area contributed by atoms with Crippen molar-refractivity contribution in [3.05, 3.63) is 0 Å². The van der Waals surface area contributed by atoms with Crippen LogP contribution in [0.15, 0.2) is 0 Å². The molecule has 0 aromatic carbocycles. The first kappa shape index (κ1) is 10.7. The van der Waals surface area contributed by atoms with Crippen LogP contribution >= 0.6 is 0 Å². The Morgan fingerprint density at radius 1 is 1.46 bits per heavy atom. The highest BCUT2D eigenvalue weighted by molar-refractivity contribution is 7.85. The zero-order chi connectivity index (χ0) is 9.68. The van der Waals surface area contributed by atoms with Gasteiger partial charge in [0, 0.05) is 35.4 Å². The fraction of sp³-hybridized carbons (Fsp3) is 0.875. The fourth-order valence-corrected chi connectivity index (χ4v) is 2.43. The fourth-order valence-electron chi connectivity index (χ4n) is 1.35. The monoisotopic (exact) mass is 204 g/mol. The second kappa shape index (κ2) is 5.34. The van der Waals surface area contributed by atoms with E-state index in [9.17, 15) is 9.00 Å². The average molecular weight is 204 g/mol. The molecule has 1 N–H and O–H groups in total. The molecule has 0 saturated carbocycles. The molecular weight excluding hydrogens is 188 g/mol. The molecule has 13 heavy (non-hydrogen) atoms. The molecule has 1 atom stereocenters. The van der Waals surface area contributed by atoms with E-state index in [2.05, 4.69) is 5.32 Å². The molecule has 1 saturated heterocycles. The average Bonchev–Trinajstić information content (AvgIpc) is 2.30. The van der Waals surface area contributed by atoms with Gasteiger partial charge in [0.1, 0.15) is 0 Å². The van der Waals surface area contributed by atoms with E-state index in [1.165, 1.54) is 0 Å². The molecule has 0 spiro atoms. The number of hydrogen-bond donors (Lipinski definition) is 1. The largest absolute Gasteiger partial charge is 0.341 e. The van der Waals surface area contributed by atoms with Crippen LogP contribution in [0.5, 0.6) is 0 Å². The van der Waals surface area contributed by atoms with Gasteiger partial charge in [0.15, 0.2) is 0 Å². The Balaban J connectivity index is 2.41. The van der Waals surface area contributed by atoms with E-state index in [1.807, 2.05) is 0 Å². The highest BCUT2D eigenvalue weighted by Gasteiger charge is 2.16. The highest BCUT2D eigenvalue weighted by atomic mass is 32.2. The van der Waals surface area contributed by atoms with Crippen LogP contribution in [0.1, 0.15) is 6.42 Å². The molecule has 1 aliphatic rings. The van der Waals surface area contributed by atoms with E-state index in [-0.39, 0.29) is 5.91 Å². The minimum Gasteiger partial charge on any atom is -0.341 e. The van der Waals surface area contributed by atoms with Crippen LogP contribution in [0.25, 0.3) is 0 Å². The van der Waals surface area contributed by atoms with Crippen molar-refractivity contribution in [2.75, 3.05) is 38.2 Å². The lowest BCUT2D eigenvalue weighted by Gasteiger charge is -2.19. The first-order valence-electron chi connectivity index (χ1n) is 4.51. The Kier molecular flexibility index (Phi) is 4.38. The summed E-state index contributed by atoms with van der Waals surface area (Å²) in [4.78, 5) is 13.2. The minimum absolute atomic E-state index is 0.112. The predicted molar refractivity (Wildman–Crippen MR) is 53.0 cm³/mol. The molecule has 1 heterocycles. The van der Waals surface area contributed by atoms with Crippen molar-refractivity contribution < 1.29 is 9.00 Å². The lowest BCUT2D eigenvalue weighted by molar-refractivity contribution is -0.129. The van der Waals surface area contributed by atoms with Gasteiger partial charge in [0.2, 0.25) is 5.91 Å². The van der Waals surface area contributed by atoms with E-state index < -0.39 is 10.8 Å². The summed E-state index contributed by atoms with van der Waals surface area (Å²) >= 11 is 0. The molecule has 1 aliphatic heterocycles. The van der Waals surface area contributed by atoms with E-state index in [4.69, 9.17) is 0 Å². The van der Waals surface area contributed by atoms with Gasteiger partial charge < -0.3 is 10.2 Å². The molecule has 76 valence electrons. The van der Waals surface area contributed by atoms with Crippen LogP contribution in [0.3, 0.4) is 0 Å². The number of carbonyl (C=O) groups is 1. The summed E-state index contributed by atoms with van der Waals surface area (Å²) in [5.74, 6) is 1.49. The third-order valence-electron chi connectivity index (χ3n) is 2.07. The zero-order valence-electron chi connectivity index (χ0n) is 7.91. The lowest BCUT2D eigenvalue weighted by atomic mass is 10.4. The maximum absolute atomic E-state index is 11.4. The van der Waals surface area contributed by atoms with E-state index in [0.29, 0.717) is 18.8 Å². The molecule has 1 fully saturated rings. The number of likely N-dealkylation sites (N-methyl/N-ethyl adjacent to an activating group) is 1. The van der Waals surface area contributed by atoms with Gasteiger partial charge >= 0.3 is 0 Å². The molecule has 4 nitrogen and oxygen atoms in total. The number of amides is 1. The van der Waals surface area contributed by atoms with Crippen LogP contribution in [-0.4, -0.2) is 53.2 Å². The summed E-state index contributed by atoms with van der Waals surface area (Å²) in [6.45, 7) is 1.78. The van der Waals surface area contributed by atoms with E-state index in [1.54, 1.807) is 11.9 Å². The minimum atomic E-state index is -0.713. The molecular formula is C8H16N2O2S. The molecule has 0 aromatic heterocycles. The second-order valence-electron chi connectivity index (χ2n) is 3.11. The van der Waals surface area contributed by atoms with E-state index >= 15 is 0 Å². The Labute approximate surface area is 81.1 Å². The molecule has 1 rings (SSSR count). The van der Waals surface area contributed by atoms with Crippen LogP contribution in [0, 0.1) is 0 Å². The van der Waals surface area contributed by atoms with Crippen LogP contribution < -0.4 is 5.32 Å². The molecule has 1 amide bonds. The first-order valence-corrected chi connectivity index (χ1v) is 6.00. The van der Waals surface area contributed by atoms with E-state index in [0.717, 1.165) is 18.7 Å². The van der Waals surface area contributed by atoms with Crippen molar-refractivity contribution in [1.29, 1.82) is 0 Å². The summed E-state index contributed by atoms with van der Waals surface area (Å²) in [5.41, 5.74) is 0. The first-order chi connectivity index (χ1) is 6.24. The standard InChI is InChI=1S/C8H16N2O2S/c1-9-7-8(11)10-3-2-5-13(12)6-4-10/h9H,2-7H2,1H3. The summed E-state index contributed by atoms with van der Waals surface area (Å²) in [7, 11) is 1.04. The number of nitrogens with one attached hydrogen (secondary N) is 1. The van der Waals surface area contributed by atoms with Crippen molar-refractivity contribution >= 4 is 16.7 Å². The SMILES string of the molecule is CNCC(=O)N1CCCS(=O)CC1. The van der Waals surface area contributed by atoms with Crippen molar-refractivity contribution in [3.63, 3.8) is 0 Å². The van der Waals surface area contributed by atoms with Gasteiger partial charge in [-0.25, -0.2) is 0 Å². The number of rotatable bonds is 2. The smallest absolute Gasteiger partial charge is 0.236 e. The summed E-state index contributed by atoms with van der Waals surface area (Å²) in [6, 6.07) is 0. The van der Waals surface area contributed by atoms with Crippen LogP contribution in [0.4, 0.5) is 0 Å². The molecule has 0 aliphatic carbocycles. The van der Waals surface area contributed by atoms with Crippen molar-refractivity contribution in [1.82, 2.24) is 10.2 Å². The van der Waals surface area contributed by atoms with Crippen molar-refractivity contribution in [3.8, 4) is 0 Å². The molecule has 5 heteroatoms. The third kappa shape index (κ3) is 3.44. The summed E-state index contributed by atoms with van der Waals surface area (Å²) in [5, 5.41) is 2.83. The summed E-state index contributed by atoms with van der Waals surface area (Å²) < 4.78 is 11.2. The molecule has 1 unspecified atom stereocenters. The topological polar surface area (TPSA) is 49.4 Å². The van der Waals surface area contributed by atoms with Gasteiger partial charge in [-0.05, 0) is 13.5 Å². The Hall–Kier alpha value is -0.420. The second-order valence-corrected chi connectivity index (χ2v) is 4.81.